The molecule has 0 fully saturated rings. The third kappa shape index (κ3) is 3.68. The summed E-state index contributed by atoms with van der Waals surface area (Å²) in [6.07, 6.45) is 0. The number of thiocarbonyl (C=S) groups is 1. The normalized spacial score (nSPS) is 10.1. The van der Waals surface area contributed by atoms with E-state index >= 15 is 0 Å². The number of hydrogen-bond donors (Lipinski definition) is 1. The molecule has 5 heteroatoms. The zero-order valence-corrected chi connectivity index (χ0v) is 12.2. The second kappa shape index (κ2) is 6.34. The molecule has 2 rings (SSSR count). The maximum atomic E-state index is 5.72. The Kier molecular flexibility index (Phi) is 4.53. The van der Waals surface area contributed by atoms with Crippen LogP contribution in [0.1, 0.15) is 17.0 Å². The molecular weight excluding hydrogens is 272 g/mol. The summed E-state index contributed by atoms with van der Waals surface area (Å²) in [7, 11) is 1.59. The third-order valence-corrected chi connectivity index (χ3v) is 2.97. The second-order valence-corrected chi connectivity index (χ2v) is 4.76. The highest BCUT2D eigenvalue weighted by atomic mass is 32.1. The van der Waals surface area contributed by atoms with Crippen molar-refractivity contribution >= 4 is 17.2 Å². The van der Waals surface area contributed by atoms with Gasteiger partial charge in [-0.1, -0.05) is 18.3 Å². The summed E-state index contributed by atoms with van der Waals surface area (Å²) in [5.41, 5.74) is 8.18. The fourth-order valence-corrected chi connectivity index (χ4v) is 1.87. The van der Waals surface area contributed by atoms with Crippen molar-refractivity contribution in [2.24, 2.45) is 5.73 Å². The summed E-state index contributed by atoms with van der Waals surface area (Å²) < 4.78 is 10.9. The molecule has 0 aliphatic carbocycles. The van der Waals surface area contributed by atoms with Crippen LogP contribution in [0.2, 0.25) is 0 Å². The van der Waals surface area contributed by atoms with Crippen LogP contribution in [0.3, 0.4) is 0 Å². The minimum absolute atomic E-state index is 0.308. The quantitative estimate of drug-likeness (QED) is 0.857. The van der Waals surface area contributed by atoms with Gasteiger partial charge in [-0.3, -0.25) is 4.98 Å². The van der Waals surface area contributed by atoms with Gasteiger partial charge >= 0.3 is 0 Å². The van der Waals surface area contributed by atoms with E-state index in [1.165, 1.54) is 0 Å². The summed E-state index contributed by atoms with van der Waals surface area (Å²) in [6.45, 7) is 2.33. The summed E-state index contributed by atoms with van der Waals surface area (Å²) in [4.78, 5) is 4.69. The van der Waals surface area contributed by atoms with E-state index in [2.05, 4.69) is 4.98 Å². The van der Waals surface area contributed by atoms with Gasteiger partial charge in [0.1, 0.15) is 23.1 Å². The van der Waals surface area contributed by atoms with E-state index in [1.54, 1.807) is 25.3 Å². The van der Waals surface area contributed by atoms with E-state index < -0.39 is 0 Å². The molecule has 104 valence electrons. The zero-order valence-electron chi connectivity index (χ0n) is 11.4. The second-order valence-electron chi connectivity index (χ2n) is 4.32. The molecule has 0 saturated heterocycles. The Hall–Kier alpha value is -2.14. The molecule has 2 N–H and O–H groups in total. The van der Waals surface area contributed by atoms with Crippen molar-refractivity contribution in [1.29, 1.82) is 0 Å². The van der Waals surface area contributed by atoms with E-state index in [0.717, 1.165) is 11.4 Å². The van der Waals surface area contributed by atoms with Gasteiger partial charge in [0.25, 0.3) is 0 Å². The van der Waals surface area contributed by atoms with Crippen molar-refractivity contribution < 1.29 is 9.47 Å². The van der Waals surface area contributed by atoms with Crippen molar-refractivity contribution in [1.82, 2.24) is 4.98 Å². The molecule has 1 aromatic heterocycles. The predicted molar refractivity (Wildman–Crippen MR) is 82.2 cm³/mol. The molecule has 2 aromatic rings. The first-order chi connectivity index (χ1) is 9.58. The SMILES string of the molecule is COc1cc(OCc2cccc(C)n2)cc(C(N)=S)c1. The number of nitrogens with two attached hydrogens (primary N) is 1. The van der Waals surface area contributed by atoms with Crippen LogP contribution in [0.15, 0.2) is 36.4 Å². The lowest BCUT2D eigenvalue weighted by molar-refractivity contribution is 0.298. The van der Waals surface area contributed by atoms with Crippen LogP contribution in [-0.2, 0) is 6.61 Å². The van der Waals surface area contributed by atoms with Crippen LogP contribution in [0.25, 0.3) is 0 Å². The number of nitrogens with zero attached hydrogens (tertiary/aromatic N) is 1. The van der Waals surface area contributed by atoms with Gasteiger partial charge in [0.05, 0.1) is 12.8 Å². The molecule has 1 aromatic carbocycles. The minimum Gasteiger partial charge on any atom is -0.497 e. The maximum absolute atomic E-state index is 5.72. The molecule has 0 amide bonds. The van der Waals surface area contributed by atoms with Crippen molar-refractivity contribution in [3.8, 4) is 11.5 Å². The van der Waals surface area contributed by atoms with Gasteiger partial charge in [-0.25, -0.2) is 0 Å². The molecule has 0 saturated carbocycles. The Balaban J connectivity index is 2.16. The molecule has 0 atom stereocenters. The minimum atomic E-state index is 0.308. The Morgan fingerprint density at radius 3 is 2.65 bits per heavy atom. The average molecular weight is 288 g/mol. The lowest BCUT2D eigenvalue weighted by Crippen LogP contribution is -2.10. The van der Waals surface area contributed by atoms with Gasteiger partial charge in [0.15, 0.2) is 0 Å². The largest absolute Gasteiger partial charge is 0.497 e. The number of pyridine rings is 1. The van der Waals surface area contributed by atoms with E-state index in [9.17, 15) is 0 Å². The number of aryl methyl sites for hydroxylation is 1. The first-order valence-electron chi connectivity index (χ1n) is 6.12. The topological polar surface area (TPSA) is 57.4 Å². The van der Waals surface area contributed by atoms with E-state index in [0.29, 0.717) is 28.7 Å². The van der Waals surface area contributed by atoms with Crippen molar-refractivity contribution in [3.63, 3.8) is 0 Å². The van der Waals surface area contributed by atoms with Crippen LogP contribution < -0.4 is 15.2 Å². The van der Waals surface area contributed by atoms with Crippen LogP contribution in [-0.4, -0.2) is 17.1 Å². The molecular formula is C15H16N2O2S. The average Bonchev–Trinajstić information content (AvgIpc) is 2.45. The Bertz CT molecular complexity index is 629. The van der Waals surface area contributed by atoms with Gasteiger partial charge in [-0.15, -0.1) is 0 Å². The number of ether oxygens (including phenoxy) is 2. The molecule has 1 heterocycles. The fraction of sp³-hybridized carbons (Fsp3) is 0.200. The number of aromatic nitrogens is 1. The highest BCUT2D eigenvalue weighted by Crippen LogP contribution is 2.23. The van der Waals surface area contributed by atoms with E-state index in [-0.39, 0.29) is 0 Å². The summed E-state index contributed by atoms with van der Waals surface area (Å²) in [5.74, 6) is 1.30. The number of benzene rings is 1. The van der Waals surface area contributed by atoms with Gasteiger partial charge in [-0.05, 0) is 31.2 Å². The molecule has 0 aliphatic rings. The van der Waals surface area contributed by atoms with Crippen molar-refractivity contribution in [3.05, 3.63) is 53.3 Å². The first-order valence-corrected chi connectivity index (χ1v) is 6.53. The van der Waals surface area contributed by atoms with Crippen molar-refractivity contribution in [2.45, 2.75) is 13.5 Å². The zero-order chi connectivity index (χ0) is 14.5. The van der Waals surface area contributed by atoms with E-state index in [4.69, 9.17) is 27.4 Å². The predicted octanol–water partition coefficient (Wildman–Crippen LogP) is 2.61. The van der Waals surface area contributed by atoms with Gasteiger partial charge in [-0.2, -0.15) is 0 Å². The van der Waals surface area contributed by atoms with Crippen LogP contribution in [0.4, 0.5) is 0 Å². The maximum Gasteiger partial charge on any atom is 0.130 e. The van der Waals surface area contributed by atoms with Crippen LogP contribution in [0.5, 0.6) is 11.5 Å². The first kappa shape index (κ1) is 14.3. The molecule has 0 bridgehead atoms. The molecule has 0 aliphatic heterocycles. The van der Waals surface area contributed by atoms with Gasteiger partial charge < -0.3 is 15.2 Å². The summed E-state index contributed by atoms with van der Waals surface area (Å²) >= 11 is 4.98. The monoisotopic (exact) mass is 288 g/mol. The third-order valence-electron chi connectivity index (χ3n) is 2.73. The van der Waals surface area contributed by atoms with E-state index in [1.807, 2.05) is 25.1 Å². The lowest BCUT2D eigenvalue weighted by Gasteiger charge is -2.10. The molecule has 4 nitrogen and oxygen atoms in total. The summed E-state index contributed by atoms with van der Waals surface area (Å²) in [6, 6.07) is 11.2. The van der Waals surface area contributed by atoms with Gasteiger partial charge in [0.2, 0.25) is 0 Å². The molecule has 0 spiro atoms. The lowest BCUT2D eigenvalue weighted by atomic mass is 10.2. The Morgan fingerprint density at radius 1 is 1.25 bits per heavy atom. The fourth-order valence-electron chi connectivity index (χ4n) is 1.75. The van der Waals surface area contributed by atoms with Crippen LogP contribution in [0, 0.1) is 6.92 Å². The van der Waals surface area contributed by atoms with Gasteiger partial charge in [0, 0.05) is 17.3 Å². The number of hydrogen-bond acceptors (Lipinski definition) is 4. The standard InChI is InChI=1S/C15H16N2O2S/c1-10-4-3-5-12(17-10)9-19-14-7-11(15(16)20)6-13(8-14)18-2/h3-8H,9H2,1-2H3,(H2,16,20). The smallest absolute Gasteiger partial charge is 0.130 e. The molecule has 0 unspecified atom stereocenters. The number of methoxy groups -OCH3 is 1. The van der Waals surface area contributed by atoms with Crippen LogP contribution >= 0.6 is 12.2 Å². The highest BCUT2D eigenvalue weighted by Gasteiger charge is 2.05. The summed E-state index contributed by atoms with van der Waals surface area (Å²) in [5, 5.41) is 0. The highest BCUT2D eigenvalue weighted by molar-refractivity contribution is 7.80. The molecule has 0 radical (unpaired) electrons. The Morgan fingerprint density at radius 2 is 2.00 bits per heavy atom. The number of rotatable bonds is 5. The molecule has 20 heavy (non-hydrogen) atoms. The Labute approximate surface area is 123 Å². The van der Waals surface area contributed by atoms with Crippen molar-refractivity contribution in [2.75, 3.05) is 7.11 Å².